The average molecular weight is 1590 g/mol. The van der Waals surface area contributed by atoms with Crippen LogP contribution in [0.1, 0.15) is 126 Å². The Bertz CT molecular complexity index is 4810. The highest BCUT2D eigenvalue weighted by molar-refractivity contribution is 5.73. The van der Waals surface area contributed by atoms with Crippen LogP contribution >= 0.6 is 0 Å². The third kappa shape index (κ3) is 17.7. The summed E-state index contributed by atoms with van der Waals surface area (Å²) < 4.78 is 88.4. The number of carbonyl (C=O) groups is 4. The number of fused-ring (bicyclic) bond motifs is 8. The molecule has 12 unspecified atom stereocenters. The highest BCUT2D eigenvalue weighted by Gasteiger charge is 2.53. The summed E-state index contributed by atoms with van der Waals surface area (Å²) in [6, 6.07) is 30.8. The van der Waals surface area contributed by atoms with Gasteiger partial charge in [0.2, 0.25) is 0 Å². The first-order valence-corrected chi connectivity index (χ1v) is 41.9. The number of nitrogens with zero attached hydrogens (tertiary/aromatic N) is 10. The summed E-state index contributed by atoms with van der Waals surface area (Å²) in [6.07, 6.45) is 46.1. The number of aromatic nitrogens is 6. The van der Waals surface area contributed by atoms with E-state index in [1.807, 2.05) is 80.4 Å². The van der Waals surface area contributed by atoms with Crippen LogP contribution in [0, 0.1) is 100 Å². The van der Waals surface area contributed by atoms with Crippen molar-refractivity contribution in [1.82, 2.24) is 49.5 Å². The lowest BCUT2D eigenvalue weighted by Crippen LogP contribution is -2.52. The Morgan fingerprint density at radius 2 is 0.658 bits per heavy atom. The number of hydrogen-bond donors (Lipinski definition) is 0. The topological polar surface area (TPSA) is 196 Å². The molecule has 8 aromatic rings. The number of ether oxygens (including phenoxy) is 4. The highest BCUT2D eigenvalue weighted by atomic mass is 19.1. The molecule has 18 nitrogen and oxygen atoms in total. The Morgan fingerprint density at radius 3 is 1.06 bits per heavy atom. The second kappa shape index (κ2) is 35.5. The van der Waals surface area contributed by atoms with Crippen molar-refractivity contribution in [1.29, 1.82) is 0 Å². The summed E-state index contributed by atoms with van der Waals surface area (Å²) >= 11 is 0. The predicted octanol–water partition coefficient (Wildman–Crippen LogP) is 19.6. The minimum absolute atomic E-state index is 0.0997. The van der Waals surface area contributed by atoms with Crippen molar-refractivity contribution >= 4 is 48.7 Å². The fourth-order valence-corrected chi connectivity index (χ4v) is 21.1. The SMILES string of the molecule is O=C1OC[C@@H]2C(/C=C/c3ccc(-c4cc(F)cc(F)c4)cn3)C3CCCCC3CN12.O=C1OC[C@@H]2C(/C=C/c3ccc(-c4ccc(F)cc4)cn3)C3CCCCC3CN12.O=C1OC[C@@H]2C(/C=C/c3cnc(-c4cccc(F)c4)cn3)C3CCCCC3CN12.O=C1OC[C@@H]2C(/C=C/c3ncc(-c4cccc(F)c4)cn3)C3CCCCC3CN12. The Morgan fingerprint density at radius 1 is 0.299 bits per heavy atom. The molecule has 0 radical (unpaired) electrons. The molecule has 117 heavy (non-hydrogen) atoms. The molecule has 606 valence electrons. The zero-order valence-corrected chi connectivity index (χ0v) is 65.4. The van der Waals surface area contributed by atoms with Gasteiger partial charge in [0.15, 0.2) is 5.82 Å². The number of benzene rings is 4. The summed E-state index contributed by atoms with van der Waals surface area (Å²) in [5.41, 5.74) is 8.38. The van der Waals surface area contributed by atoms with Crippen molar-refractivity contribution in [2.45, 2.75) is 127 Å². The Labute approximate surface area is 678 Å². The average Bonchev–Trinajstić information content (AvgIpc) is 1.69. The Balaban J connectivity index is 0.000000112. The van der Waals surface area contributed by atoms with E-state index in [2.05, 4.69) is 60.3 Å². The number of rotatable bonds is 12. The minimum Gasteiger partial charge on any atom is -0.447 e. The van der Waals surface area contributed by atoms with Crippen LogP contribution in [0.25, 0.3) is 68.9 Å². The Kier molecular flexibility index (Phi) is 23.8. The van der Waals surface area contributed by atoms with E-state index in [9.17, 15) is 41.1 Å². The molecule has 12 fully saturated rings. The van der Waals surface area contributed by atoms with Gasteiger partial charge in [-0.15, -0.1) is 0 Å². The molecular formula is C94H97F5N10O8. The molecular weight excluding hydrogens is 1490 g/mol. The van der Waals surface area contributed by atoms with Gasteiger partial charge in [0.05, 0.1) is 59.3 Å². The number of carbonyl (C=O) groups excluding carboxylic acids is 4. The van der Waals surface area contributed by atoms with Gasteiger partial charge in [-0.2, -0.15) is 0 Å². The Hall–Kier alpha value is -11.0. The van der Waals surface area contributed by atoms with Gasteiger partial charge in [-0.25, -0.2) is 51.1 Å². The number of piperidine rings is 4. The second-order valence-corrected chi connectivity index (χ2v) is 33.6. The first-order valence-electron chi connectivity index (χ1n) is 41.9. The van der Waals surface area contributed by atoms with Crippen molar-refractivity contribution in [2.24, 2.45) is 71.0 Å². The predicted molar refractivity (Wildman–Crippen MR) is 433 cm³/mol. The van der Waals surface area contributed by atoms with Gasteiger partial charge in [-0.1, -0.05) is 124 Å². The fraction of sp³-hybridized carbons (Fsp3) is 0.426. The van der Waals surface area contributed by atoms with Gasteiger partial charge in [0.1, 0.15) is 55.5 Å². The molecule has 0 spiro atoms. The molecule has 16 atom stereocenters. The molecule has 4 aliphatic carbocycles. The van der Waals surface area contributed by atoms with E-state index in [0.717, 1.165) is 71.6 Å². The fourth-order valence-electron chi connectivity index (χ4n) is 21.1. The highest BCUT2D eigenvalue weighted by Crippen LogP contribution is 2.50. The standard InChI is InChI=1S/C24H24F2N2O2.C24H25FN2O2.2C23H24FN3O2/c25-18-9-17(10-19(26)11-18)15-5-6-20(27-12-15)7-8-22-21-4-2-1-3-16(21)13-28-23(22)14-30-24(28)29;25-19-8-5-16(6-9-19)17-7-10-20(26-13-17)11-12-22-21-4-2-1-3-18(21)14-27-23(22)15-29-24(27)28;24-18-6-3-5-15(10-18)17-11-25-22(26-12-17)9-8-20-19-7-2-1-4-16(19)13-27-21(20)14-29-23(27)28;24-17-6-3-5-15(10-17)21-12-25-18(11-26-21)8-9-20-19-7-2-1-4-16(19)13-27-22(20)14-29-23(27)28/h5-12,16,21-23H,1-4,13-14H2;5-13,18,21-23H,1-4,14-15H2;3,5-6,8-12,16,19-21H,1-2,4,7,13-14H2;3,5-6,8-12,16,19-20,22H,1-2,4,7,13-14H2/b8-7+;12-11+;2*9-8+/t16?,21?,22?,23-;18?,21?,22?,23-;16?,19?,20?,21-;16?,19?,20?,22-/m1111/s1. The summed E-state index contributed by atoms with van der Waals surface area (Å²) in [5, 5.41) is 0. The molecule has 12 aliphatic rings. The third-order valence-corrected chi connectivity index (χ3v) is 26.9. The molecule has 23 heteroatoms. The quantitative estimate of drug-likeness (QED) is 0.0827. The lowest BCUT2D eigenvalue weighted by atomic mass is 9.67. The van der Waals surface area contributed by atoms with Gasteiger partial charge in [-0.05, 0) is 200 Å². The van der Waals surface area contributed by atoms with Crippen LogP contribution < -0.4 is 0 Å². The summed E-state index contributed by atoms with van der Waals surface area (Å²) in [4.78, 5) is 83.1. The first-order chi connectivity index (χ1) is 57.1. The number of halogens is 5. The minimum atomic E-state index is -0.605. The molecule has 8 saturated heterocycles. The molecule has 4 aromatic heterocycles. The normalized spacial score (nSPS) is 28.7. The van der Waals surface area contributed by atoms with Crippen molar-refractivity contribution in [3.63, 3.8) is 0 Å². The van der Waals surface area contributed by atoms with E-state index in [-0.39, 0.29) is 83.7 Å². The van der Waals surface area contributed by atoms with Gasteiger partial charge in [-0.3, -0.25) is 19.9 Å². The lowest BCUT2D eigenvalue weighted by Gasteiger charge is -2.46. The number of pyridine rings is 2. The van der Waals surface area contributed by atoms with Crippen molar-refractivity contribution in [3.8, 4) is 44.6 Å². The van der Waals surface area contributed by atoms with Gasteiger partial charge in [0.25, 0.3) is 0 Å². The third-order valence-electron chi connectivity index (χ3n) is 26.9. The van der Waals surface area contributed by atoms with Crippen LogP contribution in [0.3, 0.4) is 0 Å². The van der Waals surface area contributed by atoms with Crippen LogP contribution in [0.2, 0.25) is 0 Å². The van der Waals surface area contributed by atoms with Crippen LogP contribution in [0.4, 0.5) is 41.1 Å². The van der Waals surface area contributed by atoms with Crippen LogP contribution in [0.15, 0.2) is 177 Å². The molecule has 8 aliphatic heterocycles. The zero-order valence-electron chi connectivity index (χ0n) is 65.4. The maximum Gasteiger partial charge on any atom is 0.410 e. The van der Waals surface area contributed by atoms with E-state index in [1.165, 1.54) is 151 Å². The van der Waals surface area contributed by atoms with E-state index >= 15 is 0 Å². The van der Waals surface area contributed by atoms with Crippen LogP contribution in [-0.4, -0.2) is 151 Å². The summed E-state index contributed by atoms with van der Waals surface area (Å²) in [6.45, 7) is 5.22. The molecule has 20 rings (SSSR count). The smallest absolute Gasteiger partial charge is 0.410 e. The van der Waals surface area contributed by atoms with E-state index in [1.54, 1.807) is 55.2 Å². The number of cyclic esters (lactones) is 4. The molecule has 4 aromatic carbocycles. The molecule has 4 saturated carbocycles. The molecule has 4 amide bonds. The first kappa shape index (κ1) is 78.5. The number of amides is 4. The van der Waals surface area contributed by atoms with E-state index in [0.29, 0.717) is 108 Å². The molecule has 0 N–H and O–H groups in total. The summed E-state index contributed by atoms with van der Waals surface area (Å²) in [7, 11) is 0. The lowest BCUT2D eigenvalue weighted by molar-refractivity contribution is 0.0471. The monoisotopic (exact) mass is 1590 g/mol. The molecule has 12 heterocycles. The second-order valence-electron chi connectivity index (χ2n) is 33.6. The van der Waals surface area contributed by atoms with Crippen molar-refractivity contribution in [3.05, 3.63) is 229 Å². The van der Waals surface area contributed by atoms with E-state index in [4.69, 9.17) is 18.9 Å². The van der Waals surface area contributed by atoms with Crippen LogP contribution in [0.5, 0.6) is 0 Å². The van der Waals surface area contributed by atoms with Gasteiger partial charge in [0, 0.05) is 103 Å². The van der Waals surface area contributed by atoms with Crippen molar-refractivity contribution in [2.75, 3.05) is 52.6 Å². The van der Waals surface area contributed by atoms with Crippen molar-refractivity contribution < 1.29 is 60.1 Å². The largest absolute Gasteiger partial charge is 0.447 e. The maximum atomic E-state index is 13.5. The number of hydrogen-bond acceptors (Lipinski definition) is 14. The summed E-state index contributed by atoms with van der Waals surface area (Å²) in [5.74, 6) is 4.34. The zero-order chi connectivity index (χ0) is 80.0. The van der Waals surface area contributed by atoms with Gasteiger partial charge >= 0.3 is 24.4 Å². The maximum absolute atomic E-state index is 13.5. The van der Waals surface area contributed by atoms with Gasteiger partial charge < -0.3 is 38.5 Å². The van der Waals surface area contributed by atoms with Crippen LogP contribution in [-0.2, 0) is 18.9 Å². The molecule has 0 bridgehead atoms. The van der Waals surface area contributed by atoms with E-state index < -0.39 is 11.6 Å².